The molecular weight excluding hydrogens is 344 g/mol. The topological polar surface area (TPSA) is 109 Å². The van der Waals surface area contributed by atoms with Crippen molar-refractivity contribution in [1.29, 1.82) is 0 Å². The number of H-pyrrole nitrogens is 1. The van der Waals surface area contributed by atoms with Crippen LogP contribution in [0.15, 0.2) is 56.6 Å². The minimum Gasteiger partial charge on any atom is -0.408 e. The molecule has 0 spiro atoms. The van der Waals surface area contributed by atoms with E-state index in [-0.39, 0.29) is 17.1 Å². The van der Waals surface area contributed by atoms with Gasteiger partial charge < -0.3 is 9.73 Å². The quantitative estimate of drug-likeness (QED) is 0.725. The van der Waals surface area contributed by atoms with Crippen LogP contribution in [0.2, 0.25) is 0 Å². The maximum atomic E-state index is 12.2. The van der Waals surface area contributed by atoms with E-state index in [0.29, 0.717) is 16.8 Å². The van der Waals surface area contributed by atoms with Crippen LogP contribution in [0.5, 0.6) is 0 Å². The monoisotopic (exact) mass is 360 g/mol. The second-order valence-corrected chi connectivity index (χ2v) is 7.76. The smallest absolute Gasteiger partial charge is 0.408 e. The zero-order valence-electron chi connectivity index (χ0n) is 13.4. The molecule has 0 saturated carbocycles. The number of aryl methyl sites for hydroxylation is 1. The molecule has 0 saturated heterocycles. The number of fused-ring (bicyclic) bond motifs is 1. The van der Waals surface area contributed by atoms with Crippen molar-refractivity contribution in [2.24, 2.45) is 0 Å². The number of carbonyl (C=O) groups excluding carboxylic acids is 1. The standard InChI is InChI=1S/C17H16N2O5S/c1-11-2-5-13(6-3-11)25(22,23)9-8-16(20)18-12-4-7-15-14(10-12)19-17(21)24-15/h2-7,10H,8-9H2,1H3,(H,18,20)(H,19,21). The van der Waals surface area contributed by atoms with E-state index in [1.54, 1.807) is 30.3 Å². The molecular formula is C17H16N2O5S. The van der Waals surface area contributed by atoms with Gasteiger partial charge in [-0.2, -0.15) is 0 Å². The Morgan fingerprint density at radius 3 is 2.60 bits per heavy atom. The summed E-state index contributed by atoms with van der Waals surface area (Å²) in [5.41, 5.74) is 2.24. The maximum absolute atomic E-state index is 12.2. The third kappa shape index (κ3) is 3.97. The summed E-state index contributed by atoms with van der Waals surface area (Å²) in [5.74, 6) is -1.30. The highest BCUT2D eigenvalue weighted by molar-refractivity contribution is 7.91. The maximum Gasteiger partial charge on any atom is 0.417 e. The van der Waals surface area contributed by atoms with Gasteiger partial charge in [-0.05, 0) is 37.3 Å². The van der Waals surface area contributed by atoms with Crippen LogP contribution in [-0.4, -0.2) is 25.1 Å². The molecule has 0 atom stereocenters. The fraction of sp³-hybridized carbons (Fsp3) is 0.176. The molecule has 0 bridgehead atoms. The number of carbonyl (C=O) groups is 1. The van der Waals surface area contributed by atoms with Gasteiger partial charge in [-0.25, -0.2) is 13.2 Å². The number of aromatic amines is 1. The first-order valence-corrected chi connectivity index (χ1v) is 9.21. The lowest BCUT2D eigenvalue weighted by atomic mass is 10.2. The molecule has 2 aromatic carbocycles. The molecule has 0 aliphatic carbocycles. The number of oxazole rings is 1. The number of rotatable bonds is 5. The molecule has 8 heteroatoms. The minimum absolute atomic E-state index is 0.170. The zero-order valence-corrected chi connectivity index (χ0v) is 14.2. The van der Waals surface area contributed by atoms with E-state index in [9.17, 15) is 18.0 Å². The first kappa shape index (κ1) is 17.0. The number of nitrogens with one attached hydrogen (secondary N) is 2. The first-order valence-electron chi connectivity index (χ1n) is 7.56. The van der Waals surface area contributed by atoms with Crippen molar-refractivity contribution in [3.05, 3.63) is 58.6 Å². The third-order valence-corrected chi connectivity index (χ3v) is 5.41. The Labute approximate surface area is 143 Å². The van der Waals surface area contributed by atoms with Crippen LogP contribution < -0.4 is 11.1 Å². The summed E-state index contributed by atoms with van der Waals surface area (Å²) in [4.78, 5) is 25.8. The van der Waals surface area contributed by atoms with Gasteiger partial charge in [-0.3, -0.25) is 9.78 Å². The van der Waals surface area contributed by atoms with Crippen molar-refractivity contribution < 1.29 is 17.6 Å². The van der Waals surface area contributed by atoms with Gasteiger partial charge >= 0.3 is 5.76 Å². The van der Waals surface area contributed by atoms with Crippen LogP contribution in [0.1, 0.15) is 12.0 Å². The molecule has 130 valence electrons. The summed E-state index contributed by atoms with van der Waals surface area (Å²) < 4.78 is 29.4. The molecule has 2 N–H and O–H groups in total. The Bertz CT molecular complexity index is 1080. The van der Waals surface area contributed by atoms with Gasteiger partial charge in [0.2, 0.25) is 5.91 Å². The second-order valence-electron chi connectivity index (χ2n) is 5.66. The molecule has 0 aliphatic heterocycles. The van der Waals surface area contributed by atoms with E-state index in [2.05, 4.69) is 10.3 Å². The van der Waals surface area contributed by atoms with Crippen molar-refractivity contribution >= 4 is 32.5 Å². The van der Waals surface area contributed by atoms with Gasteiger partial charge in [0.25, 0.3) is 0 Å². The first-order chi connectivity index (χ1) is 11.8. The Hall–Kier alpha value is -2.87. The summed E-state index contributed by atoms with van der Waals surface area (Å²) in [6, 6.07) is 11.2. The van der Waals surface area contributed by atoms with Gasteiger partial charge in [0.15, 0.2) is 15.4 Å². The van der Waals surface area contributed by atoms with Crippen LogP contribution >= 0.6 is 0 Å². The predicted octanol–water partition coefficient (Wildman–Crippen LogP) is 2.23. The Morgan fingerprint density at radius 2 is 1.88 bits per heavy atom. The molecule has 1 heterocycles. The van der Waals surface area contributed by atoms with E-state index in [1.807, 2.05) is 6.92 Å². The minimum atomic E-state index is -3.52. The highest BCUT2D eigenvalue weighted by Crippen LogP contribution is 2.17. The third-order valence-electron chi connectivity index (χ3n) is 3.68. The molecule has 0 aliphatic rings. The van der Waals surface area contributed by atoms with Crippen molar-refractivity contribution in [2.45, 2.75) is 18.2 Å². The Kier molecular flexibility index (Phi) is 4.45. The summed E-state index contributed by atoms with van der Waals surface area (Å²) >= 11 is 0. The van der Waals surface area contributed by atoms with E-state index < -0.39 is 21.5 Å². The van der Waals surface area contributed by atoms with Gasteiger partial charge in [0.1, 0.15) is 0 Å². The van der Waals surface area contributed by atoms with Crippen LogP contribution in [0.4, 0.5) is 5.69 Å². The fourth-order valence-electron chi connectivity index (χ4n) is 2.34. The molecule has 7 nitrogen and oxygen atoms in total. The number of benzene rings is 2. The second kappa shape index (κ2) is 6.56. The highest BCUT2D eigenvalue weighted by Gasteiger charge is 2.16. The molecule has 0 fully saturated rings. The van der Waals surface area contributed by atoms with Crippen molar-refractivity contribution in [3.8, 4) is 0 Å². The van der Waals surface area contributed by atoms with E-state index in [4.69, 9.17) is 4.42 Å². The van der Waals surface area contributed by atoms with Gasteiger partial charge in [-0.1, -0.05) is 17.7 Å². The van der Waals surface area contributed by atoms with E-state index in [1.165, 1.54) is 12.1 Å². The van der Waals surface area contributed by atoms with Gasteiger partial charge in [-0.15, -0.1) is 0 Å². The molecule has 3 aromatic rings. The molecule has 0 radical (unpaired) electrons. The molecule has 0 unspecified atom stereocenters. The average molecular weight is 360 g/mol. The van der Waals surface area contributed by atoms with Crippen LogP contribution in [-0.2, 0) is 14.6 Å². The normalized spacial score (nSPS) is 11.6. The number of sulfone groups is 1. The molecule has 3 rings (SSSR count). The SMILES string of the molecule is Cc1ccc(S(=O)(=O)CCC(=O)Nc2ccc3oc(=O)[nH]c3c2)cc1. The average Bonchev–Trinajstić information content (AvgIpc) is 2.93. The summed E-state index contributed by atoms with van der Waals surface area (Å²) in [6.07, 6.45) is -0.170. The Balaban J connectivity index is 1.65. The lowest BCUT2D eigenvalue weighted by Crippen LogP contribution is -2.17. The molecule has 1 amide bonds. The van der Waals surface area contributed by atoms with Crippen molar-refractivity contribution in [2.75, 3.05) is 11.1 Å². The van der Waals surface area contributed by atoms with Gasteiger partial charge in [0.05, 0.1) is 16.2 Å². The van der Waals surface area contributed by atoms with Crippen LogP contribution in [0.25, 0.3) is 11.1 Å². The van der Waals surface area contributed by atoms with E-state index in [0.717, 1.165) is 5.56 Å². The van der Waals surface area contributed by atoms with Crippen LogP contribution in [0.3, 0.4) is 0 Å². The predicted molar refractivity (Wildman–Crippen MR) is 93.3 cm³/mol. The van der Waals surface area contributed by atoms with E-state index >= 15 is 0 Å². The number of hydrogen-bond acceptors (Lipinski definition) is 5. The number of anilines is 1. The fourth-order valence-corrected chi connectivity index (χ4v) is 3.58. The van der Waals surface area contributed by atoms with Crippen molar-refractivity contribution in [3.63, 3.8) is 0 Å². The molecule has 25 heavy (non-hydrogen) atoms. The largest absolute Gasteiger partial charge is 0.417 e. The Morgan fingerprint density at radius 1 is 1.16 bits per heavy atom. The summed E-state index contributed by atoms with van der Waals surface area (Å²) in [5, 5.41) is 2.61. The highest BCUT2D eigenvalue weighted by atomic mass is 32.2. The number of hydrogen-bond donors (Lipinski definition) is 2. The van der Waals surface area contributed by atoms with Crippen LogP contribution in [0, 0.1) is 6.92 Å². The summed E-state index contributed by atoms with van der Waals surface area (Å²) in [6.45, 7) is 1.87. The van der Waals surface area contributed by atoms with Crippen molar-refractivity contribution in [1.82, 2.24) is 4.98 Å². The molecule has 1 aromatic heterocycles. The zero-order chi connectivity index (χ0) is 18.0. The summed E-state index contributed by atoms with van der Waals surface area (Å²) in [7, 11) is -3.52. The number of amides is 1. The lowest BCUT2D eigenvalue weighted by Gasteiger charge is -2.07. The number of aromatic nitrogens is 1. The van der Waals surface area contributed by atoms with Gasteiger partial charge in [0, 0.05) is 12.1 Å². The lowest BCUT2D eigenvalue weighted by molar-refractivity contribution is -0.115.